The Balaban J connectivity index is 0.000000341. The summed E-state index contributed by atoms with van der Waals surface area (Å²) in [7, 11) is 0. The zero-order valence-corrected chi connectivity index (χ0v) is 25.2. The molecule has 0 aromatic carbocycles. The number of carbonyl (C=O) groups excluding carboxylic acids is 4. The molecular weight excluding hydrogens is 543 g/mol. The fraction of sp³-hybridized carbons (Fsp3) is 0.821. The van der Waals surface area contributed by atoms with Crippen molar-refractivity contribution >= 4 is 24.1 Å². The predicted octanol–water partition coefficient (Wildman–Crippen LogP) is 3.19. The SMILES string of the molecule is CC1(C)CC(CC(C#N)NC=O)C(=O)N1.CC1CN(C(=O)CC2CCCC(C)(C)O2)CC1(C)C.NC(=O)C(F)(F)F. The van der Waals surface area contributed by atoms with Crippen LogP contribution in [0.4, 0.5) is 13.2 Å². The van der Waals surface area contributed by atoms with E-state index in [1.807, 2.05) is 24.8 Å². The molecule has 41 heavy (non-hydrogen) atoms. The first-order chi connectivity index (χ1) is 18.6. The normalized spacial score (nSPS) is 26.6. The molecule has 4 unspecified atom stereocenters. The van der Waals surface area contributed by atoms with Crippen LogP contribution in [0, 0.1) is 28.6 Å². The van der Waals surface area contributed by atoms with Gasteiger partial charge < -0.3 is 26.0 Å². The van der Waals surface area contributed by atoms with E-state index in [1.54, 1.807) is 0 Å². The van der Waals surface area contributed by atoms with Gasteiger partial charge in [0.2, 0.25) is 18.2 Å². The summed E-state index contributed by atoms with van der Waals surface area (Å²) < 4.78 is 38.1. The van der Waals surface area contributed by atoms with Gasteiger partial charge in [0, 0.05) is 24.5 Å². The number of primary amides is 1. The first kappa shape index (κ1) is 36.1. The van der Waals surface area contributed by atoms with Crippen LogP contribution in [0.15, 0.2) is 0 Å². The summed E-state index contributed by atoms with van der Waals surface area (Å²) in [6, 6.07) is 1.38. The smallest absolute Gasteiger partial charge is 0.372 e. The van der Waals surface area contributed by atoms with E-state index in [9.17, 15) is 27.6 Å². The summed E-state index contributed by atoms with van der Waals surface area (Å²) in [4.78, 5) is 45.3. The number of halogens is 3. The standard InChI is InChI=1S/C16H29NO2.C10H15N3O2.C2H2F3NO/c1-12-10-17(11-15(12,2)3)14(18)9-13-7-6-8-16(4,5)19-13;1-10(2)4-7(9(15)13-10)3-8(5-11)12-6-14;3-2(4,5)1(6)7/h12-13H,6-11H2,1-5H3;6-8H,3-4H2,1-2H3,(H,12,14)(H,13,15);(H2,6,7). The number of rotatable bonds is 6. The average Bonchev–Trinajstić information content (AvgIpc) is 3.24. The van der Waals surface area contributed by atoms with Crippen LogP contribution in [0.2, 0.25) is 0 Å². The minimum atomic E-state index is -4.86. The number of likely N-dealkylation sites (tertiary alicyclic amines) is 1. The molecule has 3 aliphatic heterocycles. The third-order valence-electron chi connectivity index (χ3n) is 7.79. The molecular formula is C28H46F3N5O5. The van der Waals surface area contributed by atoms with Gasteiger partial charge in [0.05, 0.1) is 24.2 Å². The molecule has 4 N–H and O–H groups in total. The Morgan fingerprint density at radius 1 is 1.27 bits per heavy atom. The van der Waals surface area contributed by atoms with E-state index < -0.39 is 18.1 Å². The molecule has 3 saturated heterocycles. The Labute approximate surface area is 240 Å². The second kappa shape index (κ2) is 14.3. The fourth-order valence-electron chi connectivity index (χ4n) is 5.18. The molecule has 3 rings (SSSR count). The highest BCUT2D eigenvalue weighted by atomic mass is 19.4. The lowest BCUT2D eigenvalue weighted by Crippen LogP contribution is -2.39. The van der Waals surface area contributed by atoms with Crippen LogP contribution in [-0.4, -0.2) is 71.6 Å². The van der Waals surface area contributed by atoms with Gasteiger partial charge in [0.25, 0.3) is 0 Å². The molecule has 3 aliphatic rings. The highest BCUT2D eigenvalue weighted by Gasteiger charge is 2.40. The summed E-state index contributed by atoms with van der Waals surface area (Å²) in [6.07, 6.45) is 0.697. The summed E-state index contributed by atoms with van der Waals surface area (Å²) in [5, 5.41) is 14.0. The number of nitrogens with two attached hydrogens (primary N) is 1. The minimum Gasteiger partial charge on any atom is -0.372 e. The van der Waals surface area contributed by atoms with Gasteiger partial charge in [-0.25, -0.2) is 0 Å². The van der Waals surface area contributed by atoms with Gasteiger partial charge >= 0.3 is 12.1 Å². The number of ether oxygens (including phenoxy) is 1. The number of amides is 4. The van der Waals surface area contributed by atoms with Crippen molar-refractivity contribution in [3.63, 3.8) is 0 Å². The summed E-state index contributed by atoms with van der Waals surface area (Å²) in [6.45, 7) is 16.7. The number of nitrogens with one attached hydrogen (secondary N) is 2. The summed E-state index contributed by atoms with van der Waals surface area (Å²) in [5.41, 5.74) is 3.80. The topological polar surface area (TPSA) is 155 Å². The number of nitriles is 1. The van der Waals surface area contributed by atoms with Gasteiger partial charge in [0.15, 0.2) is 0 Å². The fourth-order valence-corrected chi connectivity index (χ4v) is 5.18. The lowest BCUT2D eigenvalue weighted by molar-refractivity contribution is -0.169. The highest BCUT2D eigenvalue weighted by Crippen LogP contribution is 2.36. The van der Waals surface area contributed by atoms with E-state index in [-0.39, 0.29) is 40.4 Å². The number of hydrogen-bond donors (Lipinski definition) is 3. The monoisotopic (exact) mass is 589 g/mol. The summed E-state index contributed by atoms with van der Waals surface area (Å²) >= 11 is 0. The maximum Gasteiger partial charge on any atom is 0.470 e. The molecule has 3 fully saturated rings. The predicted molar refractivity (Wildman–Crippen MR) is 146 cm³/mol. The van der Waals surface area contributed by atoms with Crippen molar-refractivity contribution in [1.82, 2.24) is 15.5 Å². The molecule has 0 spiro atoms. The zero-order chi connectivity index (χ0) is 31.8. The van der Waals surface area contributed by atoms with Crippen molar-refractivity contribution in [1.29, 1.82) is 5.26 Å². The van der Waals surface area contributed by atoms with Crippen LogP contribution in [0.5, 0.6) is 0 Å². The maximum atomic E-state index is 12.4. The van der Waals surface area contributed by atoms with Crippen LogP contribution in [-0.2, 0) is 23.9 Å². The molecule has 3 heterocycles. The first-order valence-corrected chi connectivity index (χ1v) is 13.9. The number of carbonyl (C=O) groups is 4. The van der Waals surface area contributed by atoms with Gasteiger partial charge in [-0.15, -0.1) is 0 Å². The van der Waals surface area contributed by atoms with Crippen LogP contribution >= 0.6 is 0 Å². The van der Waals surface area contributed by atoms with Gasteiger partial charge in [-0.2, -0.15) is 18.4 Å². The molecule has 0 bridgehead atoms. The molecule has 0 aromatic heterocycles. The third-order valence-corrected chi connectivity index (χ3v) is 7.79. The quantitative estimate of drug-likeness (QED) is 0.404. The van der Waals surface area contributed by atoms with Crippen molar-refractivity contribution in [2.24, 2.45) is 23.0 Å². The van der Waals surface area contributed by atoms with Gasteiger partial charge in [-0.1, -0.05) is 20.8 Å². The van der Waals surface area contributed by atoms with E-state index in [4.69, 9.17) is 14.8 Å². The molecule has 4 atom stereocenters. The zero-order valence-electron chi connectivity index (χ0n) is 25.2. The Kier molecular flexibility index (Phi) is 12.6. The molecule has 10 nitrogen and oxygen atoms in total. The van der Waals surface area contributed by atoms with E-state index >= 15 is 0 Å². The maximum absolute atomic E-state index is 12.4. The van der Waals surface area contributed by atoms with Crippen LogP contribution in [0.25, 0.3) is 0 Å². The van der Waals surface area contributed by atoms with E-state index in [0.717, 1.165) is 25.9 Å². The van der Waals surface area contributed by atoms with E-state index in [1.165, 1.54) is 6.42 Å². The lowest BCUT2D eigenvalue weighted by Gasteiger charge is -2.36. The Morgan fingerprint density at radius 3 is 2.24 bits per heavy atom. The largest absolute Gasteiger partial charge is 0.470 e. The molecule has 4 amide bonds. The Morgan fingerprint density at radius 2 is 1.85 bits per heavy atom. The van der Waals surface area contributed by atoms with Crippen molar-refractivity contribution in [3.05, 3.63) is 0 Å². The van der Waals surface area contributed by atoms with Crippen LogP contribution in [0.1, 0.15) is 87.0 Å². The van der Waals surface area contributed by atoms with Crippen molar-refractivity contribution in [3.8, 4) is 6.07 Å². The lowest BCUT2D eigenvalue weighted by atomic mass is 9.84. The molecule has 0 aliphatic carbocycles. The van der Waals surface area contributed by atoms with Gasteiger partial charge in [-0.3, -0.25) is 19.2 Å². The first-order valence-electron chi connectivity index (χ1n) is 13.9. The number of nitrogens with zero attached hydrogens (tertiary/aromatic N) is 2. The third kappa shape index (κ3) is 12.3. The van der Waals surface area contributed by atoms with E-state index in [2.05, 4.69) is 51.0 Å². The second-order valence-electron chi connectivity index (χ2n) is 13.1. The average molecular weight is 590 g/mol. The highest BCUT2D eigenvalue weighted by molar-refractivity contribution is 5.82. The molecule has 0 aromatic rings. The second-order valence-corrected chi connectivity index (χ2v) is 13.1. The molecule has 0 radical (unpaired) electrons. The number of hydrogen-bond acceptors (Lipinski definition) is 6. The molecule has 13 heteroatoms. The van der Waals surface area contributed by atoms with Gasteiger partial charge in [0.1, 0.15) is 6.04 Å². The molecule has 234 valence electrons. The van der Waals surface area contributed by atoms with Crippen LogP contribution < -0.4 is 16.4 Å². The van der Waals surface area contributed by atoms with Crippen molar-refractivity contribution in [2.45, 2.75) is 116 Å². The Bertz CT molecular complexity index is 977. The van der Waals surface area contributed by atoms with Crippen molar-refractivity contribution < 1.29 is 37.1 Å². The summed E-state index contributed by atoms with van der Waals surface area (Å²) in [5.74, 6) is -1.61. The Hall–Kier alpha value is -2.88. The van der Waals surface area contributed by atoms with Crippen LogP contribution in [0.3, 0.4) is 0 Å². The number of alkyl halides is 3. The minimum absolute atomic E-state index is 0.0343. The molecule has 0 saturated carbocycles. The van der Waals surface area contributed by atoms with Crippen molar-refractivity contribution in [2.75, 3.05) is 13.1 Å². The van der Waals surface area contributed by atoms with E-state index in [0.29, 0.717) is 31.6 Å². The van der Waals surface area contributed by atoms with Gasteiger partial charge in [-0.05, 0) is 71.1 Å².